The van der Waals surface area contributed by atoms with Crippen LogP contribution in [0.25, 0.3) is 0 Å². The highest BCUT2D eigenvalue weighted by molar-refractivity contribution is 4.83. The summed E-state index contributed by atoms with van der Waals surface area (Å²) in [6, 6.07) is 0. The first-order chi connectivity index (χ1) is 29.6. The molecule has 0 aromatic rings. The molecule has 0 spiro atoms. The number of rotatable bonds is 3. The second-order valence-electron chi connectivity index (χ2n) is 28.3. The maximum absolute atomic E-state index is 2.42. The molecule has 8 saturated carbocycles. The van der Waals surface area contributed by atoms with Crippen LogP contribution >= 0.6 is 0 Å². The Labute approximate surface area is 409 Å². The summed E-state index contributed by atoms with van der Waals surface area (Å²) in [5.74, 6) is 10.9. The molecule has 0 heteroatoms. The molecule has 0 bridgehead atoms. The predicted octanol–water partition coefficient (Wildman–Crippen LogP) is 22.7. The standard InChI is InChI=1S/8C8H16/c1-6-4-7(2)8(3)5-6;1-7-4-5-8(2,3)6-7;2*1-7-5-4-6-8(7,2)3;1-6-4-5-7(2)8(6)3;2*1-3-8(2)6-4-5-7-8;1-3-8-6-4-5-7(8)2/h6-8H,4-5H2,1-3H3;3*7H,4-6H2,1-3H3;6-8H,4-5H2,1-3H3;2*3-7H2,1-2H3;7-8H,3-6H2,1-2H3/t;;7-;;;;;/m..0...../s1. The van der Waals surface area contributed by atoms with Gasteiger partial charge in [-0.05, 0) is 156 Å². The van der Waals surface area contributed by atoms with Crippen LogP contribution in [0.4, 0.5) is 0 Å². The Balaban J connectivity index is 0.000000366. The molecule has 0 nitrogen and oxygen atoms in total. The summed E-state index contributed by atoms with van der Waals surface area (Å²) in [5.41, 5.74) is 3.44. The molecule has 384 valence electrons. The van der Waals surface area contributed by atoms with Gasteiger partial charge >= 0.3 is 0 Å². The molecule has 8 aliphatic rings. The monoisotopic (exact) mass is 897 g/mol. The average molecular weight is 898 g/mol. The Morgan fingerprint density at radius 2 is 0.766 bits per heavy atom. The third kappa shape index (κ3) is 24.0. The van der Waals surface area contributed by atoms with Crippen molar-refractivity contribution in [3.8, 4) is 0 Å². The van der Waals surface area contributed by atoms with Gasteiger partial charge in [0.2, 0.25) is 0 Å². The summed E-state index contributed by atoms with van der Waals surface area (Å²) in [4.78, 5) is 0. The molecule has 8 unspecified atom stereocenters. The predicted molar refractivity (Wildman–Crippen MR) is 294 cm³/mol. The number of hydrogen-bond donors (Lipinski definition) is 0. The molecule has 0 N–H and O–H groups in total. The first-order valence-electron chi connectivity index (χ1n) is 29.6. The van der Waals surface area contributed by atoms with Crippen LogP contribution in [0, 0.1) is 92.2 Å². The molecule has 0 amide bonds. The zero-order valence-electron chi connectivity index (χ0n) is 48.9. The normalized spacial score (nSPS) is 36.6. The molecule has 8 aliphatic carbocycles. The maximum atomic E-state index is 2.42. The third-order valence-corrected chi connectivity index (χ3v) is 21.1. The van der Waals surface area contributed by atoms with Gasteiger partial charge in [-0.25, -0.2) is 0 Å². The van der Waals surface area contributed by atoms with Crippen molar-refractivity contribution in [1.82, 2.24) is 0 Å². The fourth-order valence-electron chi connectivity index (χ4n) is 13.2. The van der Waals surface area contributed by atoms with Crippen molar-refractivity contribution in [2.75, 3.05) is 0 Å². The lowest BCUT2D eigenvalue weighted by atomic mass is 9.83. The van der Waals surface area contributed by atoms with Gasteiger partial charge in [0.15, 0.2) is 0 Å². The summed E-state index contributed by atoms with van der Waals surface area (Å²) < 4.78 is 0. The van der Waals surface area contributed by atoms with Crippen molar-refractivity contribution in [2.24, 2.45) is 92.2 Å². The molecular weight excluding hydrogens is 769 g/mol. The van der Waals surface area contributed by atoms with E-state index in [1.165, 1.54) is 173 Å². The summed E-state index contributed by atoms with van der Waals surface area (Å²) in [6.07, 6.45) is 39.3. The van der Waals surface area contributed by atoms with E-state index < -0.39 is 0 Å². The van der Waals surface area contributed by atoms with E-state index in [1.54, 1.807) is 0 Å². The molecule has 0 saturated heterocycles. The van der Waals surface area contributed by atoms with Crippen molar-refractivity contribution in [1.29, 1.82) is 0 Å². The molecular formula is C64H128. The van der Waals surface area contributed by atoms with Crippen LogP contribution in [-0.4, -0.2) is 0 Å². The van der Waals surface area contributed by atoms with Crippen molar-refractivity contribution in [3.63, 3.8) is 0 Å². The van der Waals surface area contributed by atoms with Gasteiger partial charge in [0, 0.05) is 0 Å². The van der Waals surface area contributed by atoms with Gasteiger partial charge in [-0.15, -0.1) is 0 Å². The van der Waals surface area contributed by atoms with E-state index in [-0.39, 0.29) is 0 Å². The van der Waals surface area contributed by atoms with Crippen molar-refractivity contribution in [3.05, 3.63) is 0 Å². The van der Waals surface area contributed by atoms with E-state index in [2.05, 4.69) is 145 Å². The zero-order chi connectivity index (χ0) is 48.9. The molecule has 0 radical (unpaired) electrons. The van der Waals surface area contributed by atoms with Gasteiger partial charge in [0.05, 0.1) is 0 Å². The van der Waals surface area contributed by atoms with Gasteiger partial charge in [0.25, 0.3) is 0 Å². The van der Waals surface area contributed by atoms with Gasteiger partial charge < -0.3 is 0 Å². The van der Waals surface area contributed by atoms with E-state index in [4.69, 9.17) is 0 Å². The summed E-state index contributed by atoms with van der Waals surface area (Å²) in [6.45, 7) is 49.7. The number of hydrogen-bond acceptors (Lipinski definition) is 0. The Morgan fingerprint density at radius 1 is 0.359 bits per heavy atom. The first-order valence-corrected chi connectivity index (χ1v) is 29.6. The Morgan fingerprint density at radius 3 is 0.891 bits per heavy atom. The van der Waals surface area contributed by atoms with Crippen LogP contribution in [0.2, 0.25) is 0 Å². The van der Waals surface area contributed by atoms with Crippen LogP contribution in [0.1, 0.15) is 319 Å². The fraction of sp³-hybridized carbons (Fsp3) is 1.00. The third-order valence-electron chi connectivity index (χ3n) is 21.1. The molecule has 0 aliphatic heterocycles. The van der Waals surface area contributed by atoms with Crippen LogP contribution in [-0.2, 0) is 0 Å². The first kappa shape index (κ1) is 62.0. The lowest BCUT2D eigenvalue weighted by Crippen LogP contribution is -2.13. The van der Waals surface area contributed by atoms with Gasteiger partial charge in [-0.3, -0.25) is 0 Å². The Kier molecular flexibility index (Phi) is 29.0. The molecule has 0 heterocycles. The SMILES string of the molecule is CC1CC(C)C(C)C1.CC1CCC(C)(C)C1.CC1CCC(C)C1C.CC1CCCC1(C)C.CCC1(C)CCCC1.CCC1(C)CCCC1.CCC1CCCC1C.C[C@H]1CCCC1(C)C. The highest BCUT2D eigenvalue weighted by atomic mass is 14.4. The second-order valence-corrected chi connectivity index (χ2v) is 28.3. The van der Waals surface area contributed by atoms with Gasteiger partial charge in [-0.1, -0.05) is 255 Å². The van der Waals surface area contributed by atoms with E-state index in [0.29, 0.717) is 16.2 Å². The topological polar surface area (TPSA) is 0 Å². The fourth-order valence-corrected chi connectivity index (χ4v) is 13.2. The minimum atomic E-state index is 0.653. The van der Waals surface area contributed by atoms with Crippen LogP contribution in [0.3, 0.4) is 0 Å². The smallest absolute Gasteiger partial charge is 0.0328 e. The molecule has 8 rings (SSSR count). The van der Waals surface area contributed by atoms with Crippen molar-refractivity contribution in [2.45, 2.75) is 319 Å². The molecule has 9 atom stereocenters. The quantitative estimate of drug-likeness (QED) is 0.265. The molecule has 64 heavy (non-hydrogen) atoms. The minimum Gasteiger partial charge on any atom is -0.0651 e. The van der Waals surface area contributed by atoms with E-state index in [1.807, 2.05) is 0 Å². The lowest BCUT2D eigenvalue weighted by molar-refractivity contribution is 0.281. The Bertz CT molecular complexity index is 1060. The van der Waals surface area contributed by atoms with E-state index >= 15 is 0 Å². The van der Waals surface area contributed by atoms with Crippen molar-refractivity contribution >= 4 is 0 Å². The van der Waals surface area contributed by atoms with Gasteiger partial charge in [-0.2, -0.15) is 0 Å². The van der Waals surface area contributed by atoms with Gasteiger partial charge in [0.1, 0.15) is 0 Å². The van der Waals surface area contributed by atoms with Crippen molar-refractivity contribution < 1.29 is 0 Å². The molecule has 0 aromatic carbocycles. The van der Waals surface area contributed by atoms with Crippen LogP contribution in [0.5, 0.6) is 0 Å². The molecule has 8 fully saturated rings. The lowest BCUT2D eigenvalue weighted by Gasteiger charge is -2.22. The summed E-state index contributed by atoms with van der Waals surface area (Å²) >= 11 is 0. The maximum Gasteiger partial charge on any atom is -0.0328 e. The van der Waals surface area contributed by atoms with E-state index in [9.17, 15) is 0 Å². The second kappa shape index (κ2) is 29.9. The Hall–Kier alpha value is 0. The summed E-state index contributed by atoms with van der Waals surface area (Å²) in [5, 5.41) is 0. The highest BCUT2D eigenvalue weighted by Gasteiger charge is 2.32. The van der Waals surface area contributed by atoms with Crippen LogP contribution < -0.4 is 0 Å². The zero-order valence-corrected chi connectivity index (χ0v) is 48.9. The molecule has 0 aromatic heterocycles. The highest BCUT2D eigenvalue weighted by Crippen LogP contribution is 2.44. The van der Waals surface area contributed by atoms with E-state index in [0.717, 1.165) is 75.9 Å². The summed E-state index contributed by atoms with van der Waals surface area (Å²) in [7, 11) is 0. The average Bonchev–Trinajstić information content (AvgIpc) is 4.14. The van der Waals surface area contributed by atoms with Crippen LogP contribution in [0.15, 0.2) is 0 Å². The largest absolute Gasteiger partial charge is 0.0651 e. The minimum absolute atomic E-state index is 0.653.